The standard InChI is InChI=1S/C21H24N6O2.C2H6/c1-3-20(29)19(26-25-18-7-8-27(2)24-13-18)10-15-5-4-6-17(9-15)21-22-11-16(14-28)12-23-21;1-2/h3-6,9,11-13,18,25,28H,1,7-8,10,14H2,2H3;1-2H3/b26-19-;. The Morgan fingerprint density at radius 2 is 2.06 bits per heavy atom. The summed E-state index contributed by atoms with van der Waals surface area (Å²) >= 11 is 0. The zero-order valence-corrected chi connectivity index (χ0v) is 18.3. The van der Waals surface area contributed by atoms with Gasteiger partial charge < -0.3 is 15.5 Å². The second kappa shape index (κ2) is 12.3. The highest BCUT2D eigenvalue weighted by Crippen LogP contribution is 2.17. The quantitative estimate of drug-likeness (QED) is 0.385. The van der Waals surface area contributed by atoms with Gasteiger partial charge in [-0.05, 0) is 24.1 Å². The fraction of sp³-hybridized carbons (Fsp3) is 0.348. The molecule has 1 aliphatic rings. The lowest BCUT2D eigenvalue weighted by Crippen LogP contribution is -2.36. The number of carbonyl (C=O) groups excluding carboxylic acids is 1. The van der Waals surface area contributed by atoms with Crippen molar-refractivity contribution in [3.8, 4) is 11.4 Å². The van der Waals surface area contributed by atoms with Crippen LogP contribution < -0.4 is 5.43 Å². The topological polar surface area (TPSA) is 103 Å². The summed E-state index contributed by atoms with van der Waals surface area (Å²) in [5.41, 5.74) is 5.79. The normalized spacial score (nSPS) is 15.7. The van der Waals surface area contributed by atoms with E-state index in [1.165, 1.54) is 6.08 Å². The second-order valence-electron chi connectivity index (χ2n) is 6.75. The van der Waals surface area contributed by atoms with Crippen LogP contribution in [0.4, 0.5) is 0 Å². The molecule has 8 heteroatoms. The Morgan fingerprint density at radius 1 is 1.32 bits per heavy atom. The molecule has 1 unspecified atom stereocenters. The zero-order chi connectivity index (χ0) is 22.6. The molecule has 0 fully saturated rings. The molecule has 0 amide bonds. The van der Waals surface area contributed by atoms with Crippen molar-refractivity contribution in [3.05, 3.63) is 60.4 Å². The smallest absolute Gasteiger partial charge is 0.201 e. The summed E-state index contributed by atoms with van der Waals surface area (Å²) in [4.78, 5) is 20.8. The van der Waals surface area contributed by atoms with E-state index in [-0.39, 0.29) is 18.4 Å². The van der Waals surface area contributed by atoms with Crippen LogP contribution in [0, 0.1) is 0 Å². The lowest BCUT2D eigenvalue weighted by molar-refractivity contribution is -0.109. The number of allylic oxidation sites excluding steroid dienone is 1. The van der Waals surface area contributed by atoms with Gasteiger partial charge in [0.25, 0.3) is 0 Å². The zero-order valence-electron chi connectivity index (χ0n) is 18.3. The van der Waals surface area contributed by atoms with Crippen LogP contribution in [-0.4, -0.2) is 57.4 Å². The molecule has 0 bridgehead atoms. The highest BCUT2D eigenvalue weighted by molar-refractivity contribution is 6.44. The first kappa shape index (κ1) is 23.9. The van der Waals surface area contributed by atoms with Crippen LogP contribution in [0.25, 0.3) is 11.4 Å². The number of rotatable bonds is 8. The van der Waals surface area contributed by atoms with Crippen LogP contribution in [0.5, 0.6) is 0 Å². The number of nitrogens with zero attached hydrogens (tertiary/aromatic N) is 5. The Labute approximate surface area is 183 Å². The van der Waals surface area contributed by atoms with Crippen LogP contribution in [0.1, 0.15) is 31.4 Å². The van der Waals surface area contributed by atoms with E-state index in [4.69, 9.17) is 5.11 Å². The van der Waals surface area contributed by atoms with Crippen LogP contribution >= 0.6 is 0 Å². The maximum absolute atomic E-state index is 12.3. The third-order valence-electron chi connectivity index (χ3n) is 4.49. The minimum Gasteiger partial charge on any atom is -0.392 e. The Hall–Kier alpha value is -3.39. The van der Waals surface area contributed by atoms with Gasteiger partial charge in [-0.3, -0.25) is 4.79 Å². The molecule has 1 aromatic heterocycles. The summed E-state index contributed by atoms with van der Waals surface area (Å²) in [6, 6.07) is 7.63. The van der Waals surface area contributed by atoms with Crippen LogP contribution in [0.2, 0.25) is 0 Å². The van der Waals surface area contributed by atoms with Crippen molar-refractivity contribution in [1.82, 2.24) is 20.4 Å². The second-order valence-corrected chi connectivity index (χ2v) is 6.75. The first-order valence-electron chi connectivity index (χ1n) is 10.3. The molecule has 0 saturated carbocycles. The van der Waals surface area contributed by atoms with E-state index in [1.807, 2.05) is 50.2 Å². The van der Waals surface area contributed by atoms with Gasteiger partial charge in [-0.2, -0.15) is 10.2 Å². The number of carbonyl (C=O) groups is 1. The SMILES string of the molecule is C=CC(=O)/C(Cc1cccc(-c2ncc(CO)cn2)c1)=N\NC1C=NN(C)CC1.CC. The van der Waals surface area contributed by atoms with Crippen LogP contribution in [-0.2, 0) is 17.8 Å². The molecule has 164 valence electrons. The van der Waals surface area contributed by atoms with Gasteiger partial charge in [-0.15, -0.1) is 0 Å². The molecule has 1 atom stereocenters. The molecule has 0 spiro atoms. The van der Waals surface area contributed by atoms with Crippen molar-refractivity contribution >= 4 is 17.7 Å². The van der Waals surface area contributed by atoms with E-state index >= 15 is 0 Å². The Bertz CT molecular complexity index is 924. The number of hydrogen-bond donors (Lipinski definition) is 2. The number of hydrogen-bond acceptors (Lipinski definition) is 8. The first-order valence-corrected chi connectivity index (χ1v) is 10.3. The molecule has 8 nitrogen and oxygen atoms in total. The lowest BCUT2D eigenvalue weighted by atomic mass is 10.0. The summed E-state index contributed by atoms with van der Waals surface area (Å²) < 4.78 is 0. The highest BCUT2D eigenvalue weighted by atomic mass is 16.3. The average Bonchev–Trinajstić information content (AvgIpc) is 2.83. The molecule has 2 N–H and O–H groups in total. The Balaban J connectivity index is 0.00000166. The van der Waals surface area contributed by atoms with Crippen molar-refractivity contribution in [1.29, 1.82) is 0 Å². The molecular formula is C23H30N6O2. The molecule has 31 heavy (non-hydrogen) atoms. The number of aromatic nitrogens is 2. The third kappa shape index (κ3) is 7.11. The number of aliphatic hydroxyl groups is 1. The predicted molar refractivity (Wildman–Crippen MR) is 124 cm³/mol. The molecule has 0 radical (unpaired) electrons. The fourth-order valence-corrected chi connectivity index (χ4v) is 2.81. The minimum atomic E-state index is -0.226. The van der Waals surface area contributed by atoms with Crippen molar-refractivity contribution in [2.45, 2.75) is 39.3 Å². The molecular weight excluding hydrogens is 392 g/mol. The van der Waals surface area contributed by atoms with Crippen molar-refractivity contribution < 1.29 is 9.90 Å². The first-order chi connectivity index (χ1) is 15.1. The molecule has 2 heterocycles. The summed E-state index contributed by atoms with van der Waals surface area (Å²) in [5, 5.41) is 19.6. The maximum atomic E-state index is 12.3. The average molecular weight is 423 g/mol. The highest BCUT2D eigenvalue weighted by Gasteiger charge is 2.14. The predicted octanol–water partition coefficient (Wildman–Crippen LogP) is 2.60. The number of nitrogens with one attached hydrogen (secondary N) is 1. The van der Waals surface area contributed by atoms with Gasteiger partial charge in [0.05, 0.1) is 12.6 Å². The van der Waals surface area contributed by atoms with Gasteiger partial charge in [0, 0.05) is 49.7 Å². The van der Waals surface area contributed by atoms with E-state index in [2.05, 4.69) is 32.2 Å². The Kier molecular flexibility index (Phi) is 9.51. The van der Waals surface area contributed by atoms with Crippen LogP contribution in [0.3, 0.4) is 0 Å². The molecule has 1 aromatic carbocycles. The Morgan fingerprint density at radius 3 is 2.68 bits per heavy atom. The number of benzene rings is 1. The van der Waals surface area contributed by atoms with E-state index in [1.54, 1.807) is 18.6 Å². The van der Waals surface area contributed by atoms with Gasteiger partial charge in [0.1, 0.15) is 5.71 Å². The van der Waals surface area contributed by atoms with E-state index in [9.17, 15) is 4.79 Å². The summed E-state index contributed by atoms with van der Waals surface area (Å²) in [6.07, 6.45) is 7.45. The van der Waals surface area contributed by atoms with Crippen molar-refractivity contribution in [2.24, 2.45) is 10.2 Å². The van der Waals surface area contributed by atoms with E-state index < -0.39 is 0 Å². The summed E-state index contributed by atoms with van der Waals surface area (Å²) in [5.74, 6) is 0.328. The monoisotopic (exact) mass is 422 g/mol. The van der Waals surface area contributed by atoms with Crippen LogP contribution in [0.15, 0.2) is 59.5 Å². The number of hydrazone groups is 2. The lowest BCUT2D eigenvalue weighted by Gasteiger charge is -2.22. The van der Waals surface area contributed by atoms with Gasteiger partial charge in [-0.1, -0.05) is 38.6 Å². The van der Waals surface area contributed by atoms with E-state index in [0.29, 0.717) is 23.5 Å². The van der Waals surface area contributed by atoms with Gasteiger partial charge >= 0.3 is 0 Å². The van der Waals surface area contributed by atoms with E-state index in [0.717, 1.165) is 24.1 Å². The van der Waals surface area contributed by atoms with Crippen molar-refractivity contribution in [3.63, 3.8) is 0 Å². The summed E-state index contributed by atoms with van der Waals surface area (Å²) in [7, 11) is 1.91. The third-order valence-corrected chi connectivity index (χ3v) is 4.49. The fourth-order valence-electron chi connectivity index (χ4n) is 2.81. The van der Waals surface area contributed by atoms with Gasteiger partial charge in [0.15, 0.2) is 5.82 Å². The molecule has 0 saturated heterocycles. The maximum Gasteiger partial charge on any atom is 0.201 e. The number of aliphatic hydroxyl groups excluding tert-OH is 1. The largest absolute Gasteiger partial charge is 0.392 e. The van der Waals surface area contributed by atoms with Crippen molar-refractivity contribution in [2.75, 3.05) is 13.6 Å². The number of ketones is 1. The minimum absolute atomic E-state index is 0.0106. The van der Waals surface area contributed by atoms with Gasteiger partial charge in [0.2, 0.25) is 5.78 Å². The molecule has 0 aliphatic carbocycles. The molecule has 2 aromatic rings. The van der Waals surface area contributed by atoms with Gasteiger partial charge in [-0.25, -0.2) is 9.97 Å². The molecule has 1 aliphatic heterocycles. The molecule has 3 rings (SSSR count). The summed E-state index contributed by atoms with van der Waals surface area (Å²) in [6.45, 7) is 8.30.